The number of hydrogen-bond acceptors (Lipinski definition) is 4. The number of likely N-dealkylation sites (tertiary alicyclic amines) is 1. The van der Waals surface area contributed by atoms with Crippen LogP contribution in [-0.2, 0) is 11.3 Å². The summed E-state index contributed by atoms with van der Waals surface area (Å²) in [5.74, 6) is -0.622. The third-order valence-electron chi connectivity index (χ3n) is 5.47. The van der Waals surface area contributed by atoms with Crippen LogP contribution in [-0.4, -0.2) is 40.6 Å². The molecule has 1 fully saturated rings. The zero-order valence-electron chi connectivity index (χ0n) is 17.3. The lowest BCUT2D eigenvalue weighted by molar-refractivity contribution is -0.146. The molecule has 3 rings (SSSR count). The minimum Gasteiger partial charge on any atom is -0.381 e. The van der Waals surface area contributed by atoms with Crippen molar-refractivity contribution in [3.63, 3.8) is 0 Å². The Morgan fingerprint density at radius 2 is 2.10 bits per heavy atom. The van der Waals surface area contributed by atoms with Gasteiger partial charge in [0, 0.05) is 31.4 Å². The number of carbonyl (C=O) groups excluding carboxylic acids is 1. The standard InChI is InChI=1S/C23H25ClFN3O2/c1-15-4-6-18(25)10-17(15)13-28(19-7-5-16(12-26)21(24)11-19)20-8-9-27(14-20)22(29)23(2,3)30/h4-7,10-11,20,30H,8-9,13-14H2,1-3H3/t20-/m0/s1. The van der Waals surface area contributed by atoms with Crippen LogP contribution in [0.2, 0.25) is 5.02 Å². The van der Waals surface area contributed by atoms with Crippen molar-refractivity contribution in [2.75, 3.05) is 18.0 Å². The Morgan fingerprint density at radius 3 is 2.73 bits per heavy atom. The number of aliphatic hydroxyl groups is 1. The van der Waals surface area contributed by atoms with Crippen LogP contribution in [0.3, 0.4) is 0 Å². The first-order chi connectivity index (χ1) is 14.1. The molecule has 0 saturated carbocycles. The molecular formula is C23H25ClFN3O2. The monoisotopic (exact) mass is 429 g/mol. The Balaban J connectivity index is 1.94. The molecule has 30 heavy (non-hydrogen) atoms. The van der Waals surface area contributed by atoms with Gasteiger partial charge in [-0.1, -0.05) is 17.7 Å². The van der Waals surface area contributed by atoms with E-state index < -0.39 is 5.60 Å². The van der Waals surface area contributed by atoms with Crippen LogP contribution >= 0.6 is 11.6 Å². The zero-order chi connectivity index (χ0) is 22.1. The number of hydrogen-bond donors (Lipinski definition) is 1. The Labute approximate surface area is 181 Å². The predicted molar refractivity (Wildman–Crippen MR) is 115 cm³/mol. The number of nitriles is 1. The molecule has 0 aliphatic carbocycles. The first kappa shape index (κ1) is 22.1. The van der Waals surface area contributed by atoms with E-state index in [1.165, 1.54) is 26.0 Å². The van der Waals surface area contributed by atoms with Gasteiger partial charge in [0.1, 0.15) is 17.5 Å². The van der Waals surface area contributed by atoms with Gasteiger partial charge in [0.25, 0.3) is 5.91 Å². The molecule has 1 atom stereocenters. The fourth-order valence-corrected chi connectivity index (χ4v) is 3.98. The van der Waals surface area contributed by atoms with Crippen LogP contribution in [0, 0.1) is 24.1 Å². The van der Waals surface area contributed by atoms with Crippen molar-refractivity contribution >= 4 is 23.2 Å². The summed E-state index contributed by atoms with van der Waals surface area (Å²) in [6.45, 7) is 6.29. The van der Waals surface area contributed by atoms with Gasteiger partial charge in [-0.3, -0.25) is 4.79 Å². The number of amides is 1. The fraction of sp³-hybridized carbons (Fsp3) is 0.391. The SMILES string of the molecule is Cc1ccc(F)cc1CN(c1ccc(C#N)c(Cl)c1)[C@H]1CCN(C(=O)C(C)(C)O)C1. The summed E-state index contributed by atoms with van der Waals surface area (Å²) >= 11 is 6.27. The molecular weight excluding hydrogens is 405 g/mol. The molecule has 1 heterocycles. The molecule has 7 heteroatoms. The first-order valence-corrected chi connectivity index (χ1v) is 10.2. The highest BCUT2D eigenvalue weighted by Gasteiger charge is 2.36. The van der Waals surface area contributed by atoms with Crippen molar-refractivity contribution in [2.45, 2.75) is 45.4 Å². The molecule has 0 aromatic heterocycles. The first-order valence-electron chi connectivity index (χ1n) is 9.83. The van der Waals surface area contributed by atoms with Gasteiger partial charge in [-0.25, -0.2) is 4.39 Å². The summed E-state index contributed by atoms with van der Waals surface area (Å²) in [4.78, 5) is 16.3. The van der Waals surface area contributed by atoms with E-state index in [9.17, 15) is 19.6 Å². The van der Waals surface area contributed by atoms with Crippen LogP contribution in [0.5, 0.6) is 0 Å². The van der Waals surface area contributed by atoms with Crippen LogP contribution in [0.1, 0.15) is 37.0 Å². The van der Waals surface area contributed by atoms with Crippen LogP contribution in [0.25, 0.3) is 0 Å². The van der Waals surface area contributed by atoms with Gasteiger partial charge in [0.2, 0.25) is 0 Å². The third kappa shape index (κ3) is 4.75. The Hall–Kier alpha value is -2.62. The quantitative estimate of drug-likeness (QED) is 0.778. The number of aryl methyl sites for hydroxylation is 1. The van der Waals surface area contributed by atoms with Crippen molar-refractivity contribution in [3.8, 4) is 6.07 Å². The highest BCUT2D eigenvalue weighted by Crippen LogP contribution is 2.30. The van der Waals surface area contributed by atoms with Gasteiger partial charge in [-0.05, 0) is 68.7 Å². The highest BCUT2D eigenvalue weighted by molar-refractivity contribution is 6.32. The van der Waals surface area contributed by atoms with Crippen molar-refractivity contribution in [3.05, 3.63) is 63.9 Å². The second kappa shape index (κ2) is 8.63. The Kier molecular flexibility index (Phi) is 6.35. The van der Waals surface area contributed by atoms with E-state index in [-0.39, 0.29) is 17.8 Å². The van der Waals surface area contributed by atoms with Crippen molar-refractivity contribution in [1.82, 2.24) is 4.90 Å². The highest BCUT2D eigenvalue weighted by atomic mass is 35.5. The average Bonchev–Trinajstić information content (AvgIpc) is 3.16. The van der Waals surface area contributed by atoms with Crippen LogP contribution < -0.4 is 4.90 Å². The van der Waals surface area contributed by atoms with Gasteiger partial charge in [-0.2, -0.15) is 5.26 Å². The molecule has 2 aromatic carbocycles. The number of rotatable bonds is 5. The zero-order valence-corrected chi connectivity index (χ0v) is 18.1. The molecule has 158 valence electrons. The van der Waals surface area contributed by atoms with E-state index in [4.69, 9.17) is 11.6 Å². The normalized spacial score (nSPS) is 16.4. The average molecular weight is 430 g/mol. The Morgan fingerprint density at radius 1 is 1.37 bits per heavy atom. The summed E-state index contributed by atoms with van der Waals surface area (Å²) in [6, 6.07) is 11.9. The van der Waals surface area contributed by atoms with Gasteiger partial charge in [0.15, 0.2) is 0 Å². The summed E-state index contributed by atoms with van der Waals surface area (Å²) in [5.41, 5.74) is 1.54. The van der Waals surface area contributed by atoms with E-state index in [1.54, 1.807) is 23.1 Å². The molecule has 0 radical (unpaired) electrons. The summed E-state index contributed by atoms with van der Waals surface area (Å²) in [5, 5.41) is 19.6. The van der Waals surface area contributed by atoms with Gasteiger partial charge >= 0.3 is 0 Å². The summed E-state index contributed by atoms with van der Waals surface area (Å²) in [6.07, 6.45) is 0.702. The van der Waals surface area contributed by atoms with Crippen molar-refractivity contribution in [2.24, 2.45) is 0 Å². The molecule has 5 nitrogen and oxygen atoms in total. The predicted octanol–water partition coefficient (Wildman–Crippen LogP) is 4.04. The van der Waals surface area contributed by atoms with Crippen LogP contribution in [0.15, 0.2) is 36.4 Å². The Bertz CT molecular complexity index is 997. The number of nitrogens with zero attached hydrogens (tertiary/aromatic N) is 3. The van der Waals surface area contributed by atoms with Gasteiger partial charge < -0.3 is 14.9 Å². The fourth-order valence-electron chi connectivity index (χ4n) is 3.77. The van der Waals surface area contributed by atoms with E-state index >= 15 is 0 Å². The lowest BCUT2D eigenvalue weighted by Gasteiger charge is -2.33. The maximum absolute atomic E-state index is 13.9. The van der Waals surface area contributed by atoms with E-state index in [0.29, 0.717) is 36.6 Å². The molecule has 0 unspecified atom stereocenters. The topological polar surface area (TPSA) is 67.6 Å². The molecule has 1 N–H and O–H groups in total. The molecule has 1 saturated heterocycles. The second-order valence-corrected chi connectivity index (χ2v) is 8.63. The number of halogens is 2. The third-order valence-corrected chi connectivity index (χ3v) is 5.78. The number of carbonyl (C=O) groups is 1. The molecule has 1 aliphatic rings. The molecule has 0 bridgehead atoms. The number of anilines is 1. The summed E-state index contributed by atoms with van der Waals surface area (Å²) < 4.78 is 13.9. The van der Waals surface area contributed by atoms with Gasteiger partial charge in [0.05, 0.1) is 10.6 Å². The summed E-state index contributed by atoms with van der Waals surface area (Å²) in [7, 11) is 0. The van der Waals surface area contributed by atoms with Crippen molar-refractivity contribution < 1.29 is 14.3 Å². The van der Waals surface area contributed by atoms with E-state index in [1.807, 2.05) is 13.0 Å². The molecule has 2 aromatic rings. The lowest BCUT2D eigenvalue weighted by atomic mass is 10.1. The largest absolute Gasteiger partial charge is 0.381 e. The van der Waals surface area contributed by atoms with Crippen LogP contribution in [0.4, 0.5) is 10.1 Å². The minimum atomic E-state index is -1.43. The maximum Gasteiger partial charge on any atom is 0.254 e. The van der Waals surface area contributed by atoms with Gasteiger partial charge in [-0.15, -0.1) is 0 Å². The van der Waals surface area contributed by atoms with E-state index in [2.05, 4.69) is 11.0 Å². The second-order valence-electron chi connectivity index (χ2n) is 8.23. The molecule has 0 spiro atoms. The maximum atomic E-state index is 13.9. The molecule has 1 amide bonds. The number of benzene rings is 2. The van der Waals surface area contributed by atoms with E-state index in [0.717, 1.165) is 16.8 Å². The lowest BCUT2D eigenvalue weighted by Crippen LogP contribution is -2.46. The minimum absolute atomic E-state index is 0.0389. The van der Waals surface area contributed by atoms with Crippen molar-refractivity contribution in [1.29, 1.82) is 5.26 Å². The smallest absolute Gasteiger partial charge is 0.254 e. The molecule has 1 aliphatic heterocycles.